The minimum absolute atomic E-state index is 0.127. The third-order valence-corrected chi connectivity index (χ3v) is 8.74. The van der Waals surface area contributed by atoms with Crippen molar-refractivity contribution in [3.63, 3.8) is 0 Å². The number of rotatable bonds is 4. The van der Waals surface area contributed by atoms with E-state index in [1.54, 1.807) is 23.1 Å². The first-order valence-corrected chi connectivity index (χ1v) is 12.9. The number of benzene rings is 1. The summed E-state index contributed by atoms with van der Waals surface area (Å²) >= 11 is 0. The predicted molar refractivity (Wildman–Crippen MR) is 136 cm³/mol. The van der Waals surface area contributed by atoms with Crippen molar-refractivity contribution in [2.45, 2.75) is 58.3 Å². The van der Waals surface area contributed by atoms with Gasteiger partial charge in [-0.05, 0) is 48.9 Å². The first-order chi connectivity index (χ1) is 18.2. The van der Waals surface area contributed by atoms with Crippen LogP contribution in [-0.2, 0) is 4.79 Å². The second kappa shape index (κ2) is 8.98. The van der Waals surface area contributed by atoms with E-state index in [2.05, 4.69) is 21.9 Å². The molecule has 2 amide bonds. The molecule has 3 heterocycles. The summed E-state index contributed by atoms with van der Waals surface area (Å²) in [6.45, 7) is 5.57. The van der Waals surface area contributed by atoms with Crippen molar-refractivity contribution in [2.75, 3.05) is 24.5 Å². The number of anilines is 1. The van der Waals surface area contributed by atoms with Gasteiger partial charge in [0.2, 0.25) is 5.91 Å². The fourth-order valence-electron chi connectivity index (χ4n) is 6.55. The lowest BCUT2D eigenvalue weighted by Crippen LogP contribution is -2.58. The molecule has 2 saturated heterocycles. The molecule has 3 fully saturated rings. The van der Waals surface area contributed by atoms with Crippen LogP contribution in [0.15, 0.2) is 30.5 Å². The maximum atomic E-state index is 14.5. The molecule has 39 heavy (non-hydrogen) atoms. The maximum absolute atomic E-state index is 14.5. The van der Waals surface area contributed by atoms with E-state index in [9.17, 15) is 33.1 Å². The summed E-state index contributed by atoms with van der Waals surface area (Å²) in [6.07, 6.45) is -3.54. The molecule has 2 unspecified atom stereocenters. The Morgan fingerprint density at radius 3 is 2.59 bits per heavy atom. The van der Waals surface area contributed by atoms with E-state index in [-0.39, 0.29) is 43.6 Å². The number of piperidine rings is 2. The predicted octanol–water partition coefficient (Wildman–Crippen LogP) is 4.04. The Bertz CT molecular complexity index is 1370. The molecule has 0 spiro atoms. The van der Waals surface area contributed by atoms with Gasteiger partial charge in [0.15, 0.2) is 0 Å². The van der Waals surface area contributed by atoms with Gasteiger partial charge in [-0.2, -0.15) is 18.4 Å². The minimum Gasteiger partial charge on any atom is -0.465 e. The number of alkyl halides is 3. The van der Waals surface area contributed by atoms with Crippen molar-refractivity contribution >= 4 is 28.6 Å². The van der Waals surface area contributed by atoms with Gasteiger partial charge in [-0.3, -0.25) is 15.2 Å². The summed E-state index contributed by atoms with van der Waals surface area (Å²) in [7, 11) is 0. The lowest BCUT2D eigenvalue weighted by Gasteiger charge is -2.44. The summed E-state index contributed by atoms with van der Waals surface area (Å²) in [5.41, 5.74) is 2.54. The molecule has 1 aromatic heterocycles. The summed E-state index contributed by atoms with van der Waals surface area (Å²) in [5, 5.41) is 19.6. The lowest BCUT2D eigenvalue weighted by atomic mass is 9.79. The first-order valence-electron chi connectivity index (χ1n) is 12.9. The van der Waals surface area contributed by atoms with Crippen LogP contribution < -0.4 is 15.8 Å². The van der Waals surface area contributed by atoms with Crippen molar-refractivity contribution in [2.24, 2.45) is 16.2 Å². The number of carbonyl (C=O) groups is 2. The molecule has 1 saturated carbocycles. The number of hydrogen-bond acceptors (Lipinski definition) is 6. The molecule has 0 bridgehead atoms. The molecule has 12 heteroatoms. The van der Waals surface area contributed by atoms with E-state index in [1.165, 1.54) is 17.2 Å². The number of amides is 2. The van der Waals surface area contributed by atoms with Crippen LogP contribution in [0, 0.1) is 27.6 Å². The molecule has 2 aromatic rings. The third kappa shape index (κ3) is 4.23. The molecule has 2 aliphatic heterocycles. The van der Waals surface area contributed by atoms with Crippen LogP contribution >= 0.6 is 0 Å². The first kappa shape index (κ1) is 27.0. The second-order valence-electron chi connectivity index (χ2n) is 12.0. The Hall–Kier alpha value is -3.59. The molecule has 208 valence electrons. The Morgan fingerprint density at radius 1 is 1.21 bits per heavy atom. The molecule has 3 N–H and O–H groups in total. The Labute approximate surface area is 223 Å². The van der Waals surface area contributed by atoms with Crippen molar-refractivity contribution in [3.8, 4) is 6.07 Å². The summed E-state index contributed by atoms with van der Waals surface area (Å²) in [5.74, 6) is -0.716. The number of fused-ring (bicyclic) bond motifs is 2. The molecule has 1 aromatic carbocycles. The SMILES string of the molecule is CC(C)(C)C1CC(NNC(=O)[C@]23CN(c4ccc(C#N)c5ncccc45)C[C@@]2(C(F)(F)F)C3)CCN1C(=O)O. The van der Waals surface area contributed by atoms with Crippen LogP contribution in [0.4, 0.5) is 23.7 Å². The second-order valence-corrected chi connectivity index (χ2v) is 12.0. The number of pyridine rings is 1. The average molecular weight is 545 g/mol. The van der Waals surface area contributed by atoms with Gasteiger partial charge in [-0.25, -0.2) is 10.2 Å². The zero-order valence-electron chi connectivity index (χ0n) is 22.0. The Kier molecular flexibility index (Phi) is 6.21. The number of likely N-dealkylation sites (tertiary alicyclic amines) is 1. The van der Waals surface area contributed by atoms with Crippen LogP contribution in [0.5, 0.6) is 0 Å². The highest BCUT2D eigenvalue weighted by Crippen LogP contribution is 2.75. The lowest BCUT2D eigenvalue weighted by molar-refractivity contribution is -0.191. The molecule has 1 aliphatic carbocycles. The van der Waals surface area contributed by atoms with Crippen molar-refractivity contribution < 1.29 is 27.9 Å². The smallest absolute Gasteiger partial charge is 0.407 e. The number of nitrogens with zero attached hydrogens (tertiary/aromatic N) is 4. The van der Waals surface area contributed by atoms with Gasteiger partial charge in [-0.15, -0.1) is 0 Å². The summed E-state index contributed by atoms with van der Waals surface area (Å²) in [6, 6.07) is 8.00. The fraction of sp³-hybridized carbons (Fsp3) is 0.556. The fourth-order valence-corrected chi connectivity index (χ4v) is 6.55. The number of hydrazine groups is 1. The number of carboxylic acid groups (broad SMARTS) is 1. The number of nitriles is 1. The maximum Gasteiger partial charge on any atom is 0.407 e. The molecule has 0 radical (unpaired) electrons. The van der Waals surface area contributed by atoms with Gasteiger partial charge >= 0.3 is 12.3 Å². The van der Waals surface area contributed by atoms with Gasteiger partial charge < -0.3 is 14.9 Å². The molecular weight excluding hydrogens is 513 g/mol. The van der Waals surface area contributed by atoms with E-state index in [1.807, 2.05) is 20.8 Å². The number of nitrogens with one attached hydrogen (secondary N) is 2. The molecular formula is C27H31F3N6O3. The van der Waals surface area contributed by atoms with Crippen molar-refractivity contribution in [1.29, 1.82) is 5.26 Å². The molecule has 5 rings (SSSR count). The van der Waals surface area contributed by atoms with Gasteiger partial charge in [0, 0.05) is 49.0 Å². The quantitative estimate of drug-likeness (QED) is 0.497. The zero-order chi connectivity index (χ0) is 28.4. The summed E-state index contributed by atoms with van der Waals surface area (Å²) < 4.78 is 43.4. The number of carbonyl (C=O) groups excluding carboxylic acids is 1. The minimum atomic E-state index is -4.59. The van der Waals surface area contributed by atoms with Crippen molar-refractivity contribution in [3.05, 3.63) is 36.0 Å². The molecule has 4 atom stereocenters. The van der Waals surface area contributed by atoms with Gasteiger partial charge in [0.05, 0.1) is 16.5 Å². The van der Waals surface area contributed by atoms with Gasteiger partial charge in [0.25, 0.3) is 0 Å². The highest BCUT2D eigenvalue weighted by molar-refractivity contribution is 5.97. The highest BCUT2D eigenvalue weighted by Gasteiger charge is 2.86. The zero-order valence-corrected chi connectivity index (χ0v) is 22.0. The average Bonchev–Trinajstić information content (AvgIpc) is 3.43. The van der Waals surface area contributed by atoms with Gasteiger partial charge in [-0.1, -0.05) is 20.8 Å². The largest absolute Gasteiger partial charge is 0.465 e. The molecule has 3 aliphatic rings. The van der Waals surface area contributed by atoms with Crippen LogP contribution in [-0.4, -0.2) is 64.9 Å². The highest BCUT2D eigenvalue weighted by atomic mass is 19.4. The van der Waals surface area contributed by atoms with E-state index in [4.69, 9.17) is 0 Å². The third-order valence-electron chi connectivity index (χ3n) is 8.74. The van der Waals surface area contributed by atoms with Crippen molar-refractivity contribution in [1.82, 2.24) is 20.7 Å². The topological polar surface area (TPSA) is 122 Å². The molecule has 9 nitrogen and oxygen atoms in total. The summed E-state index contributed by atoms with van der Waals surface area (Å²) in [4.78, 5) is 32.4. The number of halogens is 3. The van der Waals surface area contributed by atoms with Crippen LogP contribution in [0.2, 0.25) is 0 Å². The van der Waals surface area contributed by atoms with Gasteiger partial charge in [0.1, 0.15) is 11.5 Å². The number of aromatic nitrogens is 1. The van der Waals surface area contributed by atoms with E-state index >= 15 is 0 Å². The standard InChI is InChI=1S/C27H31F3N6O3/c1-24(2,3)20-11-17(8-10-36(20)23(38)39)33-34-22(37)25-13-26(25,27(28,29)30)15-35(14-25)19-7-6-16(12-31)21-18(19)5-4-9-32-21/h4-7,9,17,20,33H,8,10-11,13-15H2,1-3H3,(H,34,37)(H,38,39)/t17?,20?,25-,26-/m0/s1. The normalized spacial score (nSPS) is 28.6. The monoisotopic (exact) mass is 544 g/mol. The Balaban J connectivity index is 1.36. The van der Waals surface area contributed by atoms with Crippen LogP contribution in [0.25, 0.3) is 10.9 Å². The van der Waals surface area contributed by atoms with E-state index < -0.39 is 29.0 Å². The van der Waals surface area contributed by atoms with E-state index in [0.29, 0.717) is 35.0 Å². The number of hydrogen-bond donors (Lipinski definition) is 3. The van der Waals surface area contributed by atoms with Crippen LogP contribution in [0.3, 0.4) is 0 Å². The van der Waals surface area contributed by atoms with Crippen LogP contribution in [0.1, 0.15) is 45.6 Å². The van der Waals surface area contributed by atoms with E-state index in [0.717, 1.165) is 0 Å². The Morgan fingerprint density at radius 2 is 1.95 bits per heavy atom.